The number of halogens is 3. The van der Waals surface area contributed by atoms with Gasteiger partial charge in [0.1, 0.15) is 17.5 Å². The molecule has 0 bridgehead atoms. The smallest absolute Gasteiger partial charge is 0.176 e. The van der Waals surface area contributed by atoms with Crippen LogP contribution in [0.2, 0.25) is 0 Å². The summed E-state index contributed by atoms with van der Waals surface area (Å²) in [6.07, 6.45) is 1.13. The summed E-state index contributed by atoms with van der Waals surface area (Å²) in [5.74, 6) is -1.43. The Hall–Kier alpha value is -2.62. The van der Waals surface area contributed by atoms with E-state index in [1.807, 2.05) is 0 Å². The van der Waals surface area contributed by atoms with E-state index < -0.39 is 21.5 Å². The zero-order valence-electron chi connectivity index (χ0n) is 16.7. The molecule has 32 heavy (non-hydrogen) atoms. The molecule has 3 aromatic carbocycles. The molecular formula is C23H16F3NO2S3. The zero-order chi connectivity index (χ0) is 22.9. The first-order valence-electron chi connectivity index (χ1n) is 9.35. The van der Waals surface area contributed by atoms with Crippen molar-refractivity contribution < 1.29 is 21.6 Å². The number of nitrogens with zero attached hydrogens (tertiary/aromatic N) is 1. The van der Waals surface area contributed by atoms with E-state index in [9.17, 15) is 21.6 Å². The summed E-state index contributed by atoms with van der Waals surface area (Å²) in [5.41, 5.74) is 2.04. The highest BCUT2D eigenvalue weighted by Gasteiger charge is 2.21. The second-order valence-electron chi connectivity index (χ2n) is 7.00. The van der Waals surface area contributed by atoms with Crippen molar-refractivity contribution in [2.24, 2.45) is 0 Å². The lowest BCUT2D eigenvalue weighted by Crippen LogP contribution is -2.00. The van der Waals surface area contributed by atoms with E-state index >= 15 is 0 Å². The molecule has 0 spiro atoms. The molecule has 4 aromatic rings. The topological polar surface area (TPSA) is 47.0 Å². The first-order chi connectivity index (χ1) is 15.2. The summed E-state index contributed by atoms with van der Waals surface area (Å²) in [4.78, 5) is 5.46. The van der Waals surface area contributed by atoms with Crippen LogP contribution in [0, 0.1) is 17.5 Å². The highest BCUT2D eigenvalue weighted by atomic mass is 32.2. The SMILES string of the molecule is CS(=O)(=O)c1ccccc1-c1nc(SCc2cc(F)cc(F)c2)sc1-c1ccc(F)cc1. The predicted octanol–water partition coefficient (Wildman–Crippen LogP) is 6.59. The number of aromatic nitrogens is 1. The van der Waals surface area contributed by atoms with Crippen LogP contribution in [-0.4, -0.2) is 19.7 Å². The molecule has 0 aliphatic rings. The highest BCUT2D eigenvalue weighted by molar-refractivity contribution is 8.00. The lowest BCUT2D eigenvalue weighted by Gasteiger charge is -2.08. The van der Waals surface area contributed by atoms with Gasteiger partial charge < -0.3 is 0 Å². The third-order valence-corrected chi connectivity index (χ3v) is 8.01. The van der Waals surface area contributed by atoms with Crippen molar-refractivity contribution in [1.82, 2.24) is 4.98 Å². The van der Waals surface area contributed by atoms with Gasteiger partial charge in [0.25, 0.3) is 0 Å². The van der Waals surface area contributed by atoms with Crippen molar-refractivity contribution in [2.75, 3.05) is 6.26 Å². The van der Waals surface area contributed by atoms with Crippen LogP contribution in [0.4, 0.5) is 13.2 Å². The van der Waals surface area contributed by atoms with Crippen molar-refractivity contribution in [1.29, 1.82) is 0 Å². The summed E-state index contributed by atoms with van der Waals surface area (Å²) in [6, 6.07) is 15.7. The minimum absolute atomic E-state index is 0.136. The van der Waals surface area contributed by atoms with E-state index in [-0.39, 0.29) is 16.5 Å². The standard InChI is InChI=1S/C23H16F3NO2S3/c1-32(28,29)20-5-3-2-4-19(20)21-22(15-6-8-16(24)9-7-15)31-23(27-21)30-13-14-10-17(25)12-18(26)11-14/h2-12H,13H2,1H3. The Morgan fingerprint density at radius 2 is 1.56 bits per heavy atom. The van der Waals surface area contributed by atoms with Gasteiger partial charge in [0.2, 0.25) is 0 Å². The van der Waals surface area contributed by atoms with Crippen LogP contribution in [0.1, 0.15) is 5.56 Å². The van der Waals surface area contributed by atoms with Gasteiger partial charge in [-0.15, -0.1) is 11.3 Å². The number of hydrogen-bond donors (Lipinski definition) is 0. The molecule has 1 heterocycles. The average molecular weight is 492 g/mol. The number of hydrogen-bond acceptors (Lipinski definition) is 5. The Labute approximate surface area is 191 Å². The Kier molecular flexibility index (Phi) is 6.41. The largest absolute Gasteiger partial charge is 0.229 e. The molecule has 0 aliphatic carbocycles. The summed E-state index contributed by atoms with van der Waals surface area (Å²) in [5, 5.41) is 0. The number of thioether (sulfide) groups is 1. The molecule has 0 saturated heterocycles. The molecule has 0 saturated carbocycles. The van der Waals surface area contributed by atoms with Crippen LogP contribution in [-0.2, 0) is 15.6 Å². The second kappa shape index (κ2) is 9.09. The fourth-order valence-corrected chi connectivity index (χ4v) is 6.15. The van der Waals surface area contributed by atoms with E-state index in [0.29, 0.717) is 31.6 Å². The van der Waals surface area contributed by atoms with Crippen molar-refractivity contribution in [2.45, 2.75) is 15.0 Å². The third kappa shape index (κ3) is 5.06. The lowest BCUT2D eigenvalue weighted by molar-refractivity contribution is 0.581. The first kappa shape index (κ1) is 22.6. The van der Waals surface area contributed by atoms with E-state index in [1.165, 1.54) is 53.4 Å². The minimum atomic E-state index is -3.53. The lowest BCUT2D eigenvalue weighted by atomic mass is 10.1. The van der Waals surface area contributed by atoms with Gasteiger partial charge in [-0.3, -0.25) is 0 Å². The third-order valence-electron chi connectivity index (χ3n) is 4.54. The summed E-state index contributed by atoms with van der Waals surface area (Å²) in [7, 11) is -3.53. The fraction of sp³-hybridized carbons (Fsp3) is 0.0870. The summed E-state index contributed by atoms with van der Waals surface area (Å²) >= 11 is 2.59. The Morgan fingerprint density at radius 1 is 0.906 bits per heavy atom. The van der Waals surface area contributed by atoms with Gasteiger partial charge in [0, 0.05) is 23.6 Å². The zero-order valence-corrected chi connectivity index (χ0v) is 19.1. The van der Waals surface area contributed by atoms with Crippen LogP contribution in [0.25, 0.3) is 21.7 Å². The van der Waals surface area contributed by atoms with E-state index in [0.717, 1.165) is 12.3 Å². The van der Waals surface area contributed by atoms with Gasteiger partial charge in [-0.25, -0.2) is 26.6 Å². The van der Waals surface area contributed by atoms with Crippen molar-refractivity contribution in [3.63, 3.8) is 0 Å². The molecule has 0 aliphatic heterocycles. The first-order valence-corrected chi connectivity index (χ1v) is 13.0. The van der Waals surface area contributed by atoms with Crippen LogP contribution < -0.4 is 0 Å². The Bertz CT molecular complexity index is 1360. The molecule has 4 rings (SSSR count). The summed E-state index contributed by atoms with van der Waals surface area (Å²) in [6.45, 7) is 0. The van der Waals surface area contributed by atoms with Gasteiger partial charge in [0.15, 0.2) is 14.2 Å². The molecule has 0 atom stereocenters. The fourth-order valence-electron chi connectivity index (χ4n) is 3.17. The van der Waals surface area contributed by atoms with Crippen molar-refractivity contribution >= 4 is 32.9 Å². The molecule has 0 amide bonds. The van der Waals surface area contributed by atoms with E-state index in [1.54, 1.807) is 30.3 Å². The molecule has 0 N–H and O–H groups in total. The van der Waals surface area contributed by atoms with Crippen LogP contribution in [0.3, 0.4) is 0 Å². The average Bonchev–Trinajstić information content (AvgIpc) is 3.16. The van der Waals surface area contributed by atoms with E-state index in [2.05, 4.69) is 4.98 Å². The van der Waals surface area contributed by atoms with Crippen LogP contribution >= 0.6 is 23.1 Å². The predicted molar refractivity (Wildman–Crippen MR) is 122 cm³/mol. The van der Waals surface area contributed by atoms with Crippen LogP contribution in [0.5, 0.6) is 0 Å². The highest BCUT2D eigenvalue weighted by Crippen LogP contribution is 2.42. The number of benzene rings is 3. The van der Waals surface area contributed by atoms with Gasteiger partial charge >= 0.3 is 0 Å². The second-order valence-corrected chi connectivity index (χ2v) is 11.2. The van der Waals surface area contributed by atoms with Crippen molar-refractivity contribution in [3.8, 4) is 21.7 Å². The number of thiazole rings is 1. The molecule has 0 radical (unpaired) electrons. The maximum absolute atomic E-state index is 13.5. The molecule has 3 nitrogen and oxygen atoms in total. The van der Waals surface area contributed by atoms with Gasteiger partial charge in [-0.1, -0.05) is 42.1 Å². The maximum atomic E-state index is 13.5. The molecule has 1 aromatic heterocycles. The van der Waals surface area contributed by atoms with Gasteiger partial charge in [-0.2, -0.15) is 0 Å². The number of sulfone groups is 1. The normalized spacial score (nSPS) is 11.6. The van der Waals surface area contributed by atoms with E-state index in [4.69, 9.17) is 0 Å². The molecule has 0 unspecified atom stereocenters. The Balaban J connectivity index is 1.79. The van der Waals surface area contributed by atoms with Crippen molar-refractivity contribution in [3.05, 3.63) is 89.7 Å². The van der Waals surface area contributed by atoms with Gasteiger partial charge in [-0.05, 0) is 41.5 Å². The molecule has 0 fully saturated rings. The summed E-state index contributed by atoms with van der Waals surface area (Å²) < 4.78 is 65.8. The number of rotatable bonds is 6. The molecule has 9 heteroatoms. The molecular weight excluding hydrogens is 475 g/mol. The minimum Gasteiger partial charge on any atom is -0.229 e. The Morgan fingerprint density at radius 3 is 2.22 bits per heavy atom. The van der Waals surface area contributed by atoms with Gasteiger partial charge in [0.05, 0.1) is 15.5 Å². The quantitative estimate of drug-likeness (QED) is 0.286. The molecule has 164 valence electrons. The van der Waals surface area contributed by atoms with Crippen LogP contribution in [0.15, 0.2) is 76.0 Å². The maximum Gasteiger partial charge on any atom is 0.176 e. The monoisotopic (exact) mass is 491 g/mol.